The number of aromatic nitrogens is 2. The fourth-order valence-electron chi connectivity index (χ4n) is 2.66. The van der Waals surface area contributed by atoms with E-state index in [0.717, 1.165) is 21.2 Å². The smallest absolute Gasteiger partial charge is 0.162 e. The molecular weight excluding hydrogens is 406 g/mol. The van der Waals surface area contributed by atoms with E-state index in [0.29, 0.717) is 23.1 Å². The number of anilines is 4. The van der Waals surface area contributed by atoms with Crippen LogP contribution in [0, 0.1) is 0 Å². The molecule has 0 aliphatic rings. The van der Waals surface area contributed by atoms with Crippen molar-refractivity contribution in [3.05, 3.63) is 48.8 Å². The highest BCUT2D eigenvalue weighted by Gasteiger charge is 2.08. The first-order valence-electron chi connectivity index (χ1n) is 8.76. The molecule has 9 heteroatoms. The van der Waals surface area contributed by atoms with Crippen LogP contribution in [-0.2, 0) is 0 Å². The van der Waals surface area contributed by atoms with Gasteiger partial charge in [-0.1, -0.05) is 0 Å². The first kappa shape index (κ1) is 21.1. The Hall–Kier alpha value is -2.62. The molecular formula is C20H23N5O2S2. The van der Waals surface area contributed by atoms with Gasteiger partial charge in [-0.3, -0.25) is 4.72 Å². The lowest BCUT2D eigenvalue weighted by molar-refractivity contribution is 0.355. The normalized spacial score (nSPS) is 10.5. The van der Waals surface area contributed by atoms with Crippen molar-refractivity contribution in [2.45, 2.75) is 9.79 Å². The van der Waals surface area contributed by atoms with E-state index < -0.39 is 0 Å². The SMILES string of the molecule is CNSc1ccc(SC)c(Nc2cc(Nc3ccc(OC)c(OC)c3)ncn2)c1. The molecule has 7 nitrogen and oxygen atoms in total. The Balaban J connectivity index is 1.81. The van der Waals surface area contributed by atoms with Gasteiger partial charge >= 0.3 is 0 Å². The molecule has 0 spiro atoms. The van der Waals surface area contributed by atoms with E-state index in [-0.39, 0.29) is 0 Å². The third-order valence-corrected chi connectivity index (χ3v) is 5.47. The van der Waals surface area contributed by atoms with E-state index in [4.69, 9.17) is 9.47 Å². The Labute approximate surface area is 179 Å². The monoisotopic (exact) mass is 429 g/mol. The standard InChI is InChI=1S/C20H23N5O2S2/c1-21-29-14-6-8-18(28-4)15(10-14)25-20-11-19(22-12-23-20)24-13-5-7-16(26-2)17(9-13)27-3/h5-12,21H,1-4H3,(H2,22,23,24,25). The van der Waals surface area contributed by atoms with Crippen molar-refractivity contribution in [2.24, 2.45) is 0 Å². The van der Waals surface area contributed by atoms with E-state index in [2.05, 4.69) is 49.8 Å². The Morgan fingerprint density at radius 3 is 2.31 bits per heavy atom. The van der Waals surface area contributed by atoms with Gasteiger partial charge in [-0.2, -0.15) is 0 Å². The average molecular weight is 430 g/mol. The minimum Gasteiger partial charge on any atom is -0.493 e. The van der Waals surface area contributed by atoms with Gasteiger partial charge in [0.25, 0.3) is 0 Å². The van der Waals surface area contributed by atoms with Crippen molar-refractivity contribution < 1.29 is 9.47 Å². The molecule has 152 valence electrons. The molecule has 2 aromatic carbocycles. The highest BCUT2D eigenvalue weighted by atomic mass is 32.2. The van der Waals surface area contributed by atoms with E-state index >= 15 is 0 Å². The Kier molecular flexibility index (Phi) is 7.45. The zero-order valence-corrected chi connectivity index (χ0v) is 18.3. The van der Waals surface area contributed by atoms with Crippen LogP contribution in [0.4, 0.5) is 23.0 Å². The summed E-state index contributed by atoms with van der Waals surface area (Å²) in [6.07, 6.45) is 3.58. The Morgan fingerprint density at radius 2 is 1.62 bits per heavy atom. The van der Waals surface area contributed by atoms with Crippen LogP contribution in [0.2, 0.25) is 0 Å². The molecule has 0 aliphatic heterocycles. The highest BCUT2D eigenvalue weighted by Crippen LogP contribution is 2.33. The molecule has 3 rings (SSSR count). The minimum absolute atomic E-state index is 0.647. The maximum Gasteiger partial charge on any atom is 0.162 e. The number of thioether (sulfide) groups is 1. The molecule has 1 heterocycles. The minimum atomic E-state index is 0.647. The average Bonchev–Trinajstić information content (AvgIpc) is 2.74. The third-order valence-electron chi connectivity index (χ3n) is 3.98. The molecule has 0 bridgehead atoms. The predicted molar refractivity (Wildman–Crippen MR) is 121 cm³/mol. The summed E-state index contributed by atoms with van der Waals surface area (Å²) in [4.78, 5) is 10.9. The van der Waals surface area contributed by atoms with Crippen LogP contribution in [0.1, 0.15) is 0 Å². The Bertz CT molecular complexity index is 971. The largest absolute Gasteiger partial charge is 0.493 e. The van der Waals surface area contributed by atoms with E-state index in [1.165, 1.54) is 6.33 Å². The van der Waals surface area contributed by atoms with Gasteiger partial charge < -0.3 is 20.1 Å². The molecule has 0 amide bonds. The molecule has 0 fully saturated rings. The summed E-state index contributed by atoms with van der Waals surface area (Å²) in [5, 5.41) is 6.66. The predicted octanol–water partition coefficient (Wildman–Crippen LogP) is 4.93. The van der Waals surface area contributed by atoms with Crippen molar-refractivity contribution in [3.63, 3.8) is 0 Å². The lowest BCUT2D eigenvalue weighted by Crippen LogP contribution is -2.00. The maximum absolute atomic E-state index is 5.35. The highest BCUT2D eigenvalue weighted by molar-refractivity contribution is 7.98. The topological polar surface area (TPSA) is 80.3 Å². The van der Waals surface area contributed by atoms with Gasteiger partial charge in [0.1, 0.15) is 18.0 Å². The van der Waals surface area contributed by atoms with Crippen molar-refractivity contribution >= 4 is 46.7 Å². The number of benzene rings is 2. The number of nitrogens with one attached hydrogen (secondary N) is 3. The summed E-state index contributed by atoms with van der Waals surface area (Å²) in [7, 11) is 5.12. The fourth-order valence-corrected chi connectivity index (χ4v) is 3.74. The van der Waals surface area contributed by atoms with Gasteiger partial charge in [-0.05, 0) is 55.6 Å². The number of rotatable bonds is 9. The first-order valence-corrected chi connectivity index (χ1v) is 10.8. The molecule has 0 atom stereocenters. The summed E-state index contributed by atoms with van der Waals surface area (Å²) < 4.78 is 13.7. The van der Waals surface area contributed by atoms with Crippen molar-refractivity contribution in [3.8, 4) is 11.5 Å². The number of hydrogen-bond acceptors (Lipinski definition) is 9. The fraction of sp³-hybridized carbons (Fsp3) is 0.200. The van der Waals surface area contributed by atoms with Crippen LogP contribution in [0.5, 0.6) is 11.5 Å². The molecule has 3 aromatic rings. The summed E-state index contributed by atoms with van der Waals surface area (Å²) in [6, 6.07) is 13.7. The molecule has 0 radical (unpaired) electrons. The molecule has 29 heavy (non-hydrogen) atoms. The van der Waals surface area contributed by atoms with Crippen molar-refractivity contribution in [2.75, 3.05) is 38.2 Å². The lowest BCUT2D eigenvalue weighted by Gasteiger charge is -2.13. The molecule has 0 saturated heterocycles. The van der Waals surface area contributed by atoms with Crippen molar-refractivity contribution in [1.82, 2.24) is 14.7 Å². The summed E-state index contributed by atoms with van der Waals surface area (Å²) in [5.74, 6) is 2.69. The van der Waals surface area contributed by atoms with Gasteiger partial charge in [-0.25, -0.2) is 9.97 Å². The van der Waals surface area contributed by atoms with E-state index in [1.54, 1.807) is 37.9 Å². The second-order valence-corrected chi connectivity index (χ2v) is 7.71. The van der Waals surface area contributed by atoms with Crippen LogP contribution in [0.3, 0.4) is 0 Å². The molecule has 1 aromatic heterocycles. The van der Waals surface area contributed by atoms with Crippen LogP contribution in [-0.4, -0.2) is 37.5 Å². The second kappa shape index (κ2) is 10.2. The zero-order chi connectivity index (χ0) is 20.6. The van der Waals surface area contributed by atoms with Gasteiger partial charge in [0.2, 0.25) is 0 Å². The zero-order valence-electron chi connectivity index (χ0n) is 16.6. The quantitative estimate of drug-likeness (QED) is 0.324. The van der Waals surface area contributed by atoms with Crippen LogP contribution < -0.4 is 24.8 Å². The first-order chi connectivity index (χ1) is 14.2. The maximum atomic E-state index is 5.35. The summed E-state index contributed by atoms with van der Waals surface area (Å²) in [5.41, 5.74) is 1.83. The Morgan fingerprint density at radius 1 is 0.862 bits per heavy atom. The number of nitrogens with zero attached hydrogens (tertiary/aromatic N) is 2. The molecule has 0 saturated carbocycles. The molecule has 3 N–H and O–H groups in total. The van der Waals surface area contributed by atoms with Gasteiger partial charge in [0.05, 0.1) is 19.9 Å². The number of methoxy groups -OCH3 is 2. The van der Waals surface area contributed by atoms with Gasteiger partial charge in [0, 0.05) is 27.6 Å². The second-order valence-electron chi connectivity index (χ2n) is 5.78. The number of ether oxygens (including phenoxy) is 2. The van der Waals surface area contributed by atoms with E-state index in [9.17, 15) is 0 Å². The molecule has 0 unspecified atom stereocenters. The third kappa shape index (κ3) is 5.47. The summed E-state index contributed by atoms with van der Waals surface area (Å²) in [6.45, 7) is 0. The lowest BCUT2D eigenvalue weighted by atomic mass is 10.2. The van der Waals surface area contributed by atoms with Crippen LogP contribution in [0.15, 0.2) is 58.6 Å². The molecule has 0 aliphatic carbocycles. The van der Waals surface area contributed by atoms with E-state index in [1.807, 2.05) is 31.3 Å². The van der Waals surface area contributed by atoms with Gasteiger partial charge in [0.15, 0.2) is 11.5 Å². The van der Waals surface area contributed by atoms with Gasteiger partial charge in [-0.15, -0.1) is 11.8 Å². The number of hydrogen-bond donors (Lipinski definition) is 3. The van der Waals surface area contributed by atoms with Crippen LogP contribution in [0.25, 0.3) is 0 Å². The summed E-state index contributed by atoms with van der Waals surface area (Å²) >= 11 is 3.24. The van der Waals surface area contributed by atoms with Crippen LogP contribution >= 0.6 is 23.7 Å². The van der Waals surface area contributed by atoms with Crippen molar-refractivity contribution in [1.29, 1.82) is 0 Å².